The smallest absolute Gasteiger partial charge is 0.273 e. The minimum Gasteiger partial charge on any atom is -0.484 e. The monoisotopic (exact) mass is 305 g/mol. The van der Waals surface area contributed by atoms with Gasteiger partial charge in [-0.2, -0.15) is 5.10 Å². The van der Waals surface area contributed by atoms with Crippen LogP contribution in [0.25, 0.3) is 0 Å². The van der Waals surface area contributed by atoms with Gasteiger partial charge in [0.2, 0.25) is 5.91 Å². The summed E-state index contributed by atoms with van der Waals surface area (Å²) < 4.78 is 5.36. The van der Waals surface area contributed by atoms with Gasteiger partial charge in [0.05, 0.1) is 5.75 Å². The maximum atomic E-state index is 12.1. The molecule has 6 nitrogen and oxygen atoms in total. The van der Waals surface area contributed by atoms with Crippen LogP contribution in [0.3, 0.4) is 0 Å². The molecule has 2 amide bonds. The Labute approximate surface area is 126 Å². The highest BCUT2D eigenvalue weighted by molar-refractivity contribution is 8.15. The number of imide groups is 1. The van der Waals surface area contributed by atoms with Crippen LogP contribution in [0.5, 0.6) is 5.75 Å². The lowest BCUT2D eigenvalue weighted by molar-refractivity contribution is -0.138. The lowest BCUT2D eigenvalue weighted by atomic mass is 10.3. The maximum Gasteiger partial charge on any atom is 0.273 e. The summed E-state index contributed by atoms with van der Waals surface area (Å²) in [6.07, 6.45) is 0. The number of carbonyl (C=O) groups excluding carboxylic acids is 2. The number of amidine groups is 1. The van der Waals surface area contributed by atoms with E-state index in [0.717, 1.165) is 10.6 Å². The Balaban J connectivity index is 2.04. The lowest BCUT2D eigenvalue weighted by Gasteiger charge is -2.13. The SMILES string of the molecule is CC(C)=N/N=C1/SCC(=O)N1C(=O)COc1ccccc1. The second kappa shape index (κ2) is 7.03. The van der Waals surface area contributed by atoms with Crippen molar-refractivity contribution in [2.45, 2.75) is 13.8 Å². The van der Waals surface area contributed by atoms with Gasteiger partial charge in [-0.3, -0.25) is 9.59 Å². The third-order valence-corrected chi connectivity index (χ3v) is 3.37. The molecule has 2 rings (SSSR count). The van der Waals surface area contributed by atoms with Crippen molar-refractivity contribution < 1.29 is 14.3 Å². The summed E-state index contributed by atoms with van der Waals surface area (Å²) in [6, 6.07) is 8.96. The van der Waals surface area contributed by atoms with E-state index in [4.69, 9.17) is 4.74 Å². The van der Waals surface area contributed by atoms with Crippen LogP contribution in [0, 0.1) is 0 Å². The highest BCUT2D eigenvalue weighted by Crippen LogP contribution is 2.20. The zero-order valence-electron chi connectivity index (χ0n) is 11.8. The van der Waals surface area contributed by atoms with Gasteiger partial charge in [-0.15, -0.1) is 5.10 Å². The van der Waals surface area contributed by atoms with Crippen LogP contribution in [-0.2, 0) is 9.59 Å². The number of ether oxygens (including phenoxy) is 1. The number of benzene rings is 1. The van der Waals surface area contributed by atoms with Crippen molar-refractivity contribution in [1.29, 1.82) is 0 Å². The molecule has 1 saturated heterocycles. The van der Waals surface area contributed by atoms with Crippen molar-refractivity contribution in [1.82, 2.24) is 4.90 Å². The fraction of sp³-hybridized carbons (Fsp3) is 0.286. The number of nitrogens with zero attached hydrogens (tertiary/aromatic N) is 3. The van der Waals surface area contributed by atoms with Gasteiger partial charge in [0.15, 0.2) is 11.8 Å². The van der Waals surface area contributed by atoms with E-state index in [0.29, 0.717) is 10.9 Å². The van der Waals surface area contributed by atoms with Gasteiger partial charge in [0.1, 0.15) is 5.75 Å². The van der Waals surface area contributed by atoms with E-state index in [1.807, 2.05) is 18.2 Å². The molecular formula is C14H15N3O3S. The molecule has 21 heavy (non-hydrogen) atoms. The van der Waals surface area contributed by atoms with Crippen LogP contribution >= 0.6 is 11.8 Å². The van der Waals surface area contributed by atoms with E-state index in [2.05, 4.69) is 10.2 Å². The topological polar surface area (TPSA) is 71.3 Å². The molecule has 0 atom stereocenters. The molecule has 1 heterocycles. The Morgan fingerprint density at radius 1 is 1.33 bits per heavy atom. The number of amides is 2. The summed E-state index contributed by atoms with van der Waals surface area (Å²) in [5.74, 6) is 0.0146. The van der Waals surface area contributed by atoms with Gasteiger partial charge >= 0.3 is 0 Å². The average molecular weight is 305 g/mol. The molecule has 0 bridgehead atoms. The highest BCUT2D eigenvalue weighted by Gasteiger charge is 2.34. The summed E-state index contributed by atoms with van der Waals surface area (Å²) in [5.41, 5.74) is 0.746. The van der Waals surface area contributed by atoms with Gasteiger partial charge in [-0.1, -0.05) is 30.0 Å². The number of thioether (sulfide) groups is 1. The molecule has 0 aromatic heterocycles. The molecule has 1 aliphatic heterocycles. The zero-order chi connectivity index (χ0) is 15.2. The Bertz CT molecular complexity index is 595. The molecule has 1 aromatic rings. The van der Waals surface area contributed by atoms with Gasteiger partial charge in [0.25, 0.3) is 5.91 Å². The van der Waals surface area contributed by atoms with E-state index in [1.54, 1.807) is 26.0 Å². The fourth-order valence-electron chi connectivity index (χ4n) is 1.55. The number of hydrogen-bond donors (Lipinski definition) is 0. The predicted molar refractivity (Wildman–Crippen MR) is 82.5 cm³/mol. The molecule has 0 spiro atoms. The lowest BCUT2D eigenvalue weighted by Crippen LogP contribution is -2.39. The Hall–Kier alpha value is -2.15. The van der Waals surface area contributed by atoms with Crippen molar-refractivity contribution in [2.75, 3.05) is 12.4 Å². The number of carbonyl (C=O) groups is 2. The third-order valence-electron chi connectivity index (χ3n) is 2.46. The molecule has 1 aromatic carbocycles. The molecule has 0 saturated carbocycles. The Kier molecular flexibility index (Phi) is 5.10. The first-order valence-corrected chi connectivity index (χ1v) is 7.32. The van der Waals surface area contributed by atoms with Crippen molar-refractivity contribution in [3.63, 3.8) is 0 Å². The normalized spacial score (nSPS) is 16.2. The van der Waals surface area contributed by atoms with E-state index < -0.39 is 5.91 Å². The first-order chi connectivity index (χ1) is 10.1. The van der Waals surface area contributed by atoms with Crippen molar-refractivity contribution in [3.8, 4) is 5.75 Å². The minimum absolute atomic E-state index is 0.189. The molecule has 0 N–H and O–H groups in total. The Morgan fingerprint density at radius 2 is 2.05 bits per heavy atom. The average Bonchev–Trinajstić information content (AvgIpc) is 2.85. The number of hydrogen-bond acceptors (Lipinski definition) is 6. The van der Waals surface area contributed by atoms with Gasteiger partial charge in [0, 0.05) is 5.71 Å². The van der Waals surface area contributed by atoms with Gasteiger partial charge in [-0.05, 0) is 26.0 Å². The quantitative estimate of drug-likeness (QED) is 0.629. The molecular weight excluding hydrogens is 290 g/mol. The van der Waals surface area contributed by atoms with E-state index in [-0.39, 0.29) is 18.3 Å². The highest BCUT2D eigenvalue weighted by atomic mass is 32.2. The van der Waals surface area contributed by atoms with E-state index >= 15 is 0 Å². The second-order valence-electron chi connectivity index (χ2n) is 4.44. The van der Waals surface area contributed by atoms with E-state index in [9.17, 15) is 9.59 Å². The fourth-order valence-corrected chi connectivity index (χ4v) is 2.36. The number of para-hydroxylation sites is 1. The molecule has 1 fully saturated rings. The molecule has 7 heteroatoms. The summed E-state index contributed by atoms with van der Waals surface area (Å²) in [6.45, 7) is 3.36. The molecule has 0 aliphatic carbocycles. The van der Waals surface area contributed by atoms with Crippen LogP contribution in [0.4, 0.5) is 0 Å². The number of rotatable bonds is 4. The largest absolute Gasteiger partial charge is 0.484 e. The van der Waals surface area contributed by atoms with Crippen LogP contribution in [0.15, 0.2) is 40.5 Å². The Morgan fingerprint density at radius 3 is 2.71 bits per heavy atom. The first-order valence-electron chi connectivity index (χ1n) is 6.33. The van der Waals surface area contributed by atoms with Crippen LogP contribution < -0.4 is 4.74 Å². The summed E-state index contributed by atoms with van der Waals surface area (Å²) >= 11 is 1.19. The van der Waals surface area contributed by atoms with Crippen molar-refractivity contribution in [3.05, 3.63) is 30.3 Å². The molecule has 1 aliphatic rings. The summed E-state index contributed by atoms with van der Waals surface area (Å²) in [7, 11) is 0. The van der Waals surface area contributed by atoms with Gasteiger partial charge < -0.3 is 4.74 Å². The minimum atomic E-state index is -0.448. The third kappa shape index (κ3) is 4.16. The molecule has 0 radical (unpaired) electrons. The van der Waals surface area contributed by atoms with Crippen LogP contribution in [-0.4, -0.2) is 40.0 Å². The molecule has 0 unspecified atom stereocenters. The standard InChI is InChI=1S/C14H15N3O3S/c1-10(2)15-16-14-17(13(19)9-21-14)12(18)8-20-11-6-4-3-5-7-11/h3-7H,8-9H2,1-2H3/b16-14+. The summed E-state index contributed by atoms with van der Waals surface area (Å²) in [5, 5.41) is 8.11. The van der Waals surface area contributed by atoms with Crippen molar-refractivity contribution >= 4 is 34.5 Å². The van der Waals surface area contributed by atoms with Gasteiger partial charge in [-0.25, -0.2) is 4.90 Å². The van der Waals surface area contributed by atoms with Crippen molar-refractivity contribution in [2.24, 2.45) is 10.2 Å². The van der Waals surface area contributed by atoms with E-state index in [1.165, 1.54) is 11.8 Å². The zero-order valence-corrected chi connectivity index (χ0v) is 12.6. The maximum absolute atomic E-state index is 12.1. The molecule has 110 valence electrons. The first kappa shape index (κ1) is 15.2. The van der Waals surface area contributed by atoms with Crippen LogP contribution in [0.1, 0.15) is 13.8 Å². The predicted octanol–water partition coefficient (Wildman–Crippen LogP) is 1.92. The van der Waals surface area contributed by atoms with Crippen LogP contribution in [0.2, 0.25) is 0 Å². The second-order valence-corrected chi connectivity index (χ2v) is 5.39. The summed E-state index contributed by atoms with van der Waals surface area (Å²) in [4.78, 5) is 24.9.